The summed E-state index contributed by atoms with van der Waals surface area (Å²) in [5.41, 5.74) is 6.07. The number of aromatic nitrogens is 8. The van der Waals surface area contributed by atoms with Gasteiger partial charge in [-0.05, 0) is 6.92 Å². The van der Waals surface area contributed by atoms with Crippen molar-refractivity contribution in [1.82, 2.24) is 39.0 Å². The predicted octanol–water partition coefficient (Wildman–Crippen LogP) is -0.170. The molecule has 8 unspecified atom stereocenters. The first-order chi connectivity index (χ1) is 21.3. The molecule has 0 amide bonds. The zero-order valence-electron chi connectivity index (χ0n) is 23.9. The molecule has 2 bridgehead atoms. The molecule has 0 radical (unpaired) electrons. The lowest BCUT2D eigenvalue weighted by atomic mass is 10.1. The lowest BCUT2D eigenvalue weighted by Crippen LogP contribution is -2.36. The Balaban J connectivity index is 1.21. The van der Waals surface area contributed by atoms with E-state index in [-0.39, 0.29) is 28.1 Å². The van der Waals surface area contributed by atoms with Gasteiger partial charge < -0.3 is 39.5 Å². The van der Waals surface area contributed by atoms with Gasteiger partial charge in [-0.1, -0.05) is 0 Å². The first-order valence-electron chi connectivity index (χ1n) is 13.7. The predicted molar refractivity (Wildman–Crippen MR) is 151 cm³/mol. The molecule has 20 nitrogen and oxygen atoms in total. The van der Waals surface area contributed by atoms with Gasteiger partial charge in [0.2, 0.25) is 0 Å². The Labute approximate surface area is 252 Å². The highest BCUT2D eigenvalue weighted by Crippen LogP contribution is 2.54. The van der Waals surface area contributed by atoms with Gasteiger partial charge >= 0.3 is 15.2 Å². The zero-order chi connectivity index (χ0) is 31.8. The smallest absolute Gasteiger partial charge is 0.328 e. The molecule has 4 aromatic heterocycles. The molecule has 5 N–H and O–H groups in total. The van der Waals surface area contributed by atoms with Crippen molar-refractivity contribution in [3.63, 3.8) is 0 Å². The first kappa shape index (κ1) is 30.5. The van der Waals surface area contributed by atoms with Crippen molar-refractivity contribution >= 4 is 43.3 Å². The van der Waals surface area contributed by atoms with E-state index in [4.69, 9.17) is 33.3 Å². The Bertz CT molecular complexity index is 1930. The summed E-state index contributed by atoms with van der Waals surface area (Å²) in [6.45, 7) is 3.03. The van der Waals surface area contributed by atoms with E-state index in [1.165, 1.54) is 41.4 Å². The summed E-state index contributed by atoms with van der Waals surface area (Å²) in [6.07, 6.45) is -6.39. The van der Waals surface area contributed by atoms with E-state index < -0.39 is 83.0 Å². The summed E-state index contributed by atoms with van der Waals surface area (Å²) in [6, 6.07) is 0. The number of aliphatic hydroxyl groups is 2. The highest BCUT2D eigenvalue weighted by atomic mass is 31.2. The van der Waals surface area contributed by atoms with E-state index in [0.717, 1.165) is 0 Å². The normalized spacial score (nSPS) is 37.7. The second kappa shape index (κ2) is 11.0. The minimum absolute atomic E-state index is 0.00582. The van der Waals surface area contributed by atoms with E-state index in [1.54, 1.807) is 6.92 Å². The number of aromatic amines is 1. The van der Waals surface area contributed by atoms with Crippen LogP contribution in [0.3, 0.4) is 0 Å². The van der Waals surface area contributed by atoms with Crippen LogP contribution in [0.15, 0.2) is 23.8 Å². The molecular formula is C23H29N9O11P2. The number of imidazole rings is 2. The van der Waals surface area contributed by atoms with Crippen LogP contribution in [0, 0.1) is 6.92 Å². The third kappa shape index (κ3) is 5.40. The number of aryl methyl sites for hydroxylation is 1. The van der Waals surface area contributed by atoms with Crippen molar-refractivity contribution < 1.29 is 46.9 Å². The topological polar surface area (TPSA) is 263 Å². The SMILES string of the molecule is Cc1nc2c(ncn2C2OC3CO[P@](C)(=O)OC4C(CO[P@](C)(=O)OC2C3O)OC(n2cnc3c(N)ncnc32)C4O)c(=O)[nH]1. The summed E-state index contributed by atoms with van der Waals surface area (Å²) in [5.74, 6) is 0.412. The molecule has 45 heavy (non-hydrogen) atoms. The van der Waals surface area contributed by atoms with Gasteiger partial charge in [0.1, 0.15) is 54.3 Å². The number of hydrogen-bond acceptors (Lipinski definition) is 17. The largest absolute Gasteiger partial charge is 0.387 e. The second-order valence-electron chi connectivity index (χ2n) is 10.9. The molecule has 7 heterocycles. The number of ether oxygens (including phenoxy) is 2. The molecule has 10 atom stereocenters. The molecule has 0 saturated carbocycles. The second-order valence-corrected chi connectivity index (χ2v) is 15.0. The van der Waals surface area contributed by atoms with Gasteiger partial charge in [0, 0.05) is 13.3 Å². The maximum atomic E-state index is 13.7. The highest BCUT2D eigenvalue weighted by Gasteiger charge is 2.52. The maximum Gasteiger partial charge on any atom is 0.328 e. The third-order valence-electron chi connectivity index (χ3n) is 7.68. The number of hydrogen-bond donors (Lipinski definition) is 4. The number of nitrogens with one attached hydrogen (secondary N) is 1. The molecule has 242 valence electrons. The number of rotatable bonds is 2. The maximum absolute atomic E-state index is 13.7. The van der Waals surface area contributed by atoms with Gasteiger partial charge in [0.15, 0.2) is 35.1 Å². The van der Waals surface area contributed by atoms with Gasteiger partial charge in [-0.2, -0.15) is 0 Å². The lowest BCUT2D eigenvalue weighted by Gasteiger charge is -2.27. The van der Waals surface area contributed by atoms with Crippen molar-refractivity contribution in [3.05, 3.63) is 35.2 Å². The number of aliphatic hydroxyl groups excluding tert-OH is 2. The van der Waals surface area contributed by atoms with Crippen molar-refractivity contribution in [3.8, 4) is 0 Å². The van der Waals surface area contributed by atoms with Crippen LogP contribution in [0.2, 0.25) is 0 Å². The molecule has 3 saturated heterocycles. The minimum Gasteiger partial charge on any atom is -0.387 e. The highest BCUT2D eigenvalue weighted by molar-refractivity contribution is 7.53. The molecule has 3 fully saturated rings. The van der Waals surface area contributed by atoms with Crippen LogP contribution in [0.4, 0.5) is 5.82 Å². The quantitative estimate of drug-likeness (QED) is 0.202. The zero-order valence-corrected chi connectivity index (χ0v) is 25.7. The van der Waals surface area contributed by atoms with Crippen molar-refractivity contribution in [2.75, 3.05) is 32.3 Å². The van der Waals surface area contributed by atoms with E-state index in [1.807, 2.05) is 0 Å². The van der Waals surface area contributed by atoms with E-state index in [2.05, 4.69) is 29.9 Å². The average Bonchev–Trinajstić information content (AvgIpc) is 3.72. The molecule has 4 aromatic rings. The number of nitrogens with two attached hydrogens (primary N) is 1. The lowest BCUT2D eigenvalue weighted by molar-refractivity contribution is -0.0592. The van der Waals surface area contributed by atoms with E-state index >= 15 is 0 Å². The summed E-state index contributed by atoms with van der Waals surface area (Å²) >= 11 is 0. The van der Waals surface area contributed by atoms with Crippen LogP contribution in [0.25, 0.3) is 22.3 Å². The van der Waals surface area contributed by atoms with Gasteiger partial charge in [-0.3, -0.25) is 32.1 Å². The summed E-state index contributed by atoms with van der Waals surface area (Å²) in [7, 11) is -8.01. The van der Waals surface area contributed by atoms with Crippen LogP contribution in [-0.4, -0.2) is 112 Å². The summed E-state index contributed by atoms with van der Waals surface area (Å²) in [5, 5.41) is 22.5. The molecule has 0 spiro atoms. The molecule has 22 heteroatoms. The van der Waals surface area contributed by atoms with E-state index in [9.17, 15) is 24.1 Å². The monoisotopic (exact) mass is 669 g/mol. The Kier molecular flexibility index (Phi) is 7.44. The van der Waals surface area contributed by atoms with Crippen LogP contribution in [-0.2, 0) is 36.7 Å². The van der Waals surface area contributed by atoms with Crippen molar-refractivity contribution in [2.24, 2.45) is 0 Å². The number of nitrogen functional groups attached to an aromatic ring is 1. The van der Waals surface area contributed by atoms with Crippen molar-refractivity contribution in [2.45, 2.75) is 56.0 Å². The fraction of sp³-hybridized carbons (Fsp3) is 0.565. The standard InChI is InChI=1S/C23H29N9O11P2/c1-9-29-20-13(21(35)30-9)28-8-32(20)23-17-14(33)10(40-23)4-38-44(2,36)42-16-11(5-39-45(3,37)43-17)41-22(15(16)34)31-7-27-12-18(24)25-6-26-19(12)31/h6-8,10-11,14-17,22-23,33-34H,4-5H2,1-3H3,(H2,24,25,26)(H,29,30,35)/t10?,11?,14?,15?,16?,17?,22?,23?,44-,45-/m0/s1. The van der Waals surface area contributed by atoms with Crippen LogP contribution >= 0.6 is 15.2 Å². The number of nitrogens with zero attached hydrogens (tertiary/aromatic N) is 7. The Hall–Kier alpha value is -3.16. The fourth-order valence-electron chi connectivity index (χ4n) is 5.61. The third-order valence-corrected chi connectivity index (χ3v) is 10.2. The number of fused-ring (bicyclic) bond motifs is 5. The molecular weight excluding hydrogens is 640 g/mol. The summed E-state index contributed by atoms with van der Waals surface area (Å²) < 4.78 is 65.1. The Morgan fingerprint density at radius 3 is 2.22 bits per heavy atom. The minimum atomic E-state index is -4.03. The fourth-order valence-corrected chi connectivity index (χ4v) is 7.94. The molecule has 3 aliphatic rings. The number of H-pyrrole nitrogens is 1. The molecule has 3 aliphatic heterocycles. The van der Waals surface area contributed by atoms with Crippen LogP contribution < -0.4 is 11.3 Å². The van der Waals surface area contributed by atoms with Gasteiger partial charge in [-0.15, -0.1) is 0 Å². The van der Waals surface area contributed by atoms with E-state index in [0.29, 0.717) is 5.82 Å². The Morgan fingerprint density at radius 2 is 1.49 bits per heavy atom. The van der Waals surface area contributed by atoms with Crippen LogP contribution in [0.1, 0.15) is 18.3 Å². The average molecular weight is 669 g/mol. The van der Waals surface area contributed by atoms with Crippen LogP contribution in [0.5, 0.6) is 0 Å². The molecule has 7 rings (SSSR count). The molecule has 0 aliphatic carbocycles. The van der Waals surface area contributed by atoms with Gasteiger partial charge in [0.25, 0.3) is 5.56 Å². The van der Waals surface area contributed by atoms with Crippen molar-refractivity contribution in [1.29, 1.82) is 0 Å². The number of anilines is 1. The first-order valence-corrected chi connectivity index (χ1v) is 17.6. The van der Waals surface area contributed by atoms with Gasteiger partial charge in [-0.25, -0.2) is 24.9 Å². The Morgan fingerprint density at radius 1 is 0.867 bits per heavy atom. The molecule has 0 aromatic carbocycles. The summed E-state index contributed by atoms with van der Waals surface area (Å²) in [4.78, 5) is 35.7. The van der Waals surface area contributed by atoms with Gasteiger partial charge in [0.05, 0.1) is 25.9 Å².